The zero-order valence-corrected chi connectivity index (χ0v) is 9.59. The topological polar surface area (TPSA) is 35.2 Å². The molecule has 2 atom stereocenters. The van der Waals surface area contributed by atoms with Gasteiger partial charge in [0.05, 0.1) is 0 Å². The number of rotatable bonds is 6. The van der Waals surface area contributed by atoms with Crippen molar-refractivity contribution in [2.45, 2.75) is 57.3 Å². The Balaban J connectivity index is 2.31. The van der Waals surface area contributed by atoms with E-state index in [2.05, 4.69) is 0 Å². The Morgan fingerprint density at radius 1 is 1.38 bits per heavy atom. The highest BCUT2D eigenvalue weighted by Crippen LogP contribution is 2.31. The van der Waals surface area contributed by atoms with Crippen molar-refractivity contribution in [1.29, 1.82) is 0 Å². The zero-order valence-electron chi connectivity index (χ0n) is 9.59. The standard InChI is InChI=1S/C11H20F3NO/c1-2-9(15)10(11(12,13)14)16-7-6-8-4-3-5-8/h8-10H,2-7,15H2,1H3. The molecule has 0 amide bonds. The Kier molecular flexibility index (Phi) is 5.05. The van der Waals surface area contributed by atoms with Gasteiger partial charge in [-0.25, -0.2) is 0 Å². The molecule has 1 aliphatic carbocycles. The van der Waals surface area contributed by atoms with Crippen LogP contribution in [0.5, 0.6) is 0 Å². The van der Waals surface area contributed by atoms with E-state index in [0.29, 0.717) is 5.92 Å². The molecular weight excluding hydrogens is 219 g/mol. The first-order chi connectivity index (χ1) is 7.45. The Hall–Kier alpha value is -0.290. The van der Waals surface area contributed by atoms with Crippen LogP contribution in [-0.2, 0) is 4.74 Å². The number of hydrogen-bond acceptors (Lipinski definition) is 2. The Bertz CT molecular complexity index is 204. The first-order valence-electron chi connectivity index (χ1n) is 5.89. The third kappa shape index (κ3) is 3.94. The predicted octanol–water partition coefficient (Wildman–Crippen LogP) is 2.86. The average molecular weight is 239 g/mol. The number of alkyl halides is 3. The minimum atomic E-state index is -4.35. The van der Waals surface area contributed by atoms with Gasteiger partial charge in [0, 0.05) is 12.6 Å². The van der Waals surface area contributed by atoms with Gasteiger partial charge in [-0.2, -0.15) is 13.2 Å². The third-order valence-corrected chi connectivity index (χ3v) is 3.23. The second kappa shape index (κ2) is 5.87. The second-order valence-corrected chi connectivity index (χ2v) is 4.49. The summed E-state index contributed by atoms with van der Waals surface area (Å²) in [6, 6.07) is -0.957. The van der Waals surface area contributed by atoms with Crippen LogP contribution in [0.4, 0.5) is 13.2 Å². The number of halogens is 3. The van der Waals surface area contributed by atoms with Crippen LogP contribution in [0.3, 0.4) is 0 Å². The van der Waals surface area contributed by atoms with Gasteiger partial charge < -0.3 is 10.5 Å². The minimum Gasteiger partial charge on any atom is -0.367 e. The molecule has 0 spiro atoms. The normalized spacial score (nSPS) is 21.6. The fraction of sp³-hybridized carbons (Fsp3) is 1.00. The van der Waals surface area contributed by atoms with Crippen molar-refractivity contribution in [2.24, 2.45) is 11.7 Å². The largest absolute Gasteiger partial charge is 0.416 e. The molecule has 1 aliphatic rings. The van der Waals surface area contributed by atoms with Gasteiger partial charge in [-0.05, 0) is 18.8 Å². The summed E-state index contributed by atoms with van der Waals surface area (Å²) in [7, 11) is 0. The van der Waals surface area contributed by atoms with Crippen LogP contribution in [0.15, 0.2) is 0 Å². The Labute approximate surface area is 94.3 Å². The third-order valence-electron chi connectivity index (χ3n) is 3.23. The Morgan fingerprint density at radius 3 is 2.38 bits per heavy atom. The highest BCUT2D eigenvalue weighted by Gasteiger charge is 2.44. The van der Waals surface area contributed by atoms with E-state index < -0.39 is 18.3 Å². The van der Waals surface area contributed by atoms with Gasteiger partial charge in [-0.3, -0.25) is 0 Å². The van der Waals surface area contributed by atoms with Gasteiger partial charge in [-0.1, -0.05) is 26.2 Å². The first kappa shape index (κ1) is 13.8. The van der Waals surface area contributed by atoms with Crippen LogP contribution < -0.4 is 5.73 Å². The molecule has 0 aromatic carbocycles. The van der Waals surface area contributed by atoms with Crippen molar-refractivity contribution in [2.75, 3.05) is 6.61 Å². The number of hydrogen-bond donors (Lipinski definition) is 1. The lowest BCUT2D eigenvalue weighted by molar-refractivity contribution is -0.227. The highest BCUT2D eigenvalue weighted by molar-refractivity contribution is 4.79. The summed E-state index contributed by atoms with van der Waals surface area (Å²) < 4.78 is 42.6. The highest BCUT2D eigenvalue weighted by atomic mass is 19.4. The molecule has 0 saturated heterocycles. The van der Waals surface area contributed by atoms with E-state index >= 15 is 0 Å². The molecule has 0 bridgehead atoms. The van der Waals surface area contributed by atoms with E-state index in [1.54, 1.807) is 6.92 Å². The minimum absolute atomic E-state index is 0.169. The molecule has 1 rings (SSSR count). The van der Waals surface area contributed by atoms with E-state index in [0.717, 1.165) is 19.3 Å². The maximum atomic E-state index is 12.6. The average Bonchev–Trinajstić information content (AvgIpc) is 2.12. The summed E-state index contributed by atoms with van der Waals surface area (Å²) in [5.74, 6) is 0.562. The maximum Gasteiger partial charge on any atom is 0.416 e. The van der Waals surface area contributed by atoms with Crippen LogP contribution in [0.25, 0.3) is 0 Å². The van der Waals surface area contributed by atoms with Crippen molar-refractivity contribution in [3.63, 3.8) is 0 Å². The number of ether oxygens (including phenoxy) is 1. The van der Waals surface area contributed by atoms with Gasteiger partial charge >= 0.3 is 6.18 Å². The molecule has 0 heterocycles. The van der Waals surface area contributed by atoms with Crippen molar-refractivity contribution in [3.05, 3.63) is 0 Å². The summed E-state index contributed by atoms with van der Waals surface area (Å²) in [5.41, 5.74) is 5.42. The molecule has 2 unspecified atom stereocenters. The van der Waals surface area contributed by atoms with E-state index in [1.165, 1.54) is 6.42 Å². The van der Waals surface area contributed by atoms with Gasteiger partial charge in [0.1, 0.15) is 0 Å². The predicted molar refractivity (Wildman–Crippen MR) is 56.0 cm³/mol. The van der Waals surface area contributed by atoms with E-state index in [4.69, 9.17) is 10.5 Å². The van der Waals surface area contributed by atoms with Crippen LogP contribution in [0.1, 0.15) is 39.0 Å². The quantitative estimate of drug-likeness (QED) is 0.773. The van der Waals surface area contributed by atoms with Gasteiger partial charge in [0.15, 0.2) is 6.10 Å². The monoisotopic (exact) mass is 239 g/mol. The Morgan fingerprint density at radius 2 is 2.00 bits per heavy atom. The summed E-state index contributed by atoms with van der Waals surface area (Å²) in [5, 5.41) is 0. The molecule has 1 fully saturated rings. The molecule has 2 nitrogen and oxygen atoms in total. The van der Waals surface area contributed by atoms with Crippen LogP contribution >= 0.6 is 0 Å². The fourth-order valence-corrected chi connectivity index (χ4v) is 1.82. The zero-order chi connectivity index (χ0) is 12.2. The van der Waals surface area contributed by atoms with Crippen molar-refractivity contribution < 1.29 is 17.9 Å². The van der Waals surface area contributed by atoms with E-state index in [1.807, 2.05) is 0 Å². The molecule has 96 valence electrons. The molecule has 5 heteroatoms. The lowest BCUT2D eigenvalue weighted by atomic mass is 9.83. The smallest absolute Gasteiger partial charge is 0.367 e. The molecule has 1 saturated carbocycles. The van der Waals surface area contributed by atoms with Crippen LogP contribution in [0.2, 0.25) is 0 Å². The molecule has 16 heavy (non-hydrogen) atoms. The second-order valence-electron chi connectivity index (χ2n) is 4.49. The van der Waals surface area contributed by atoms with Gasteiger partial charge in [-0.15, -0.1) is 0 Å². The molecule has 0 aromatic rings. The molecule has 0 radical (unpaired) electrons. The summed E-state index contributed by atoms with van der Waals surface area (Å²) >= 11 is 0. The summed E-state index contributed by atoms with van der Waals surface area (Å²) in [4.78, 5) is 0. The van der Waals surface area contributed by atoms with Crippen LogP contribution in [0, 0.1) is 5.92 Å². The van der Waals surface area contributed by atoms with Crippen molar-refractivity contribution in [1.82, 2.24) is 0 Å². The van der Waals surface area contributed by atoms with Crippen molar-refractivity contribution >= 4 is 0 Å². The SMILES string of the molecule is CCC(N)C(OCCC1CCC1)C(F)(F)F. The van der Waals surface area contributed by atoms with Gasteiger partial charge in [0.25, 0.3) is 0 Å². The lowest BCUT2D eigenvalue weighted by Gasteiger charge is -2.29. The molecule has 2 N–H and O–H groups in total. The first-order valence-corrected chi connectivity index (χ1v) is 5.89. The van der Waals surface area contributed by atoms with Crippen molar-refractivity contribution in [3.8, 4) is 0 Å². The van der Waals surface area contributed by atoms with Crippen LogP contribution in [-0.4, -0.2) is 24.9 Å². The van der Waals surface area contributed by atoms with E-state index in [9.17, 15) is 13.2 Å². The maximum absolute atomic E-state index is 12.6. The molecule has 0 aromatic heterocycles. The van der Waals surface area contributed by atoms with E-state index in [-0.39, 0.29) is 13.0 Å². The fourth-order valence-electron chi connectivity index (χ4n) is 1.82. The molecule has 0 aliphatic heterocycles. The summed E-state index contributed by atoms with van der Waals surface area (Å²) in [6.45, 7) is 1.81. The summed E-state index contributed by atoms with van der Waals surface area (Å²) in [6.07, 6.45) is -1.72. The molecular formula is C11H20F3NO. The van der Waals surface area contributed by atoms with Gasteiger partial charge in [0.2, 0.25) is 0 Å². The number of nitrogens with two attached hydrogens (primary N) is 1. The lowest BCUT2D eigenvalue weighted by Crippen LogP contribution is -2.46.